The second-order valence-electron chi connectivity index (χ2n) is 3.73. The highest BCUT2D eigenvalue weighted by molar-refractivity contribution is 7.80. The number of nitrogens with zero attached hydrogens (tertiary/aromatic N) is 1. The molecule has 2 N–H and O–H groups in total. The number of hydrogen-bond donors (Lipinski definition) is 2. The van der Waals surface area contributed by atoms with Crippen LogP contribution in [0.4, 0.5) is 5.69 Å². The first kappa shape index (κ1) is 14.1. The Morgan fingerprint density at radius 2 is 1.94 bits per heavy atom. The quantitative estimate of drug-likeness (QED) is 0.721. The fraction of sp³-hybridized carbons (Fsp3) is 0.455. The Kier molecular flexibility index (Phi) is 5.57. The lowest BCUT2D eigenvalue weighted by Gasteiger charge is -2.33. The average molecular weight is 258 g/mol. The molecule has 0 amide bonds. The molecule has 0 radical (unpaired) electrons. The molecule has 5 nitrogen and oxygen atoms in total. The van der Waals surface area contributed by atoms with E-state index >= 15 is 0 Å². The highest BCUT2D eigenvalue weighted by Gasteiger charge is 2.18. The van der Waals surface area contributed by atoms with Crippen molar-refractivity contribution < 1.29 is 19.0 Å². The summed E-state index contributed by atoms with van der Waals surface area (Å²) in [6.07, 6.45) is 0.193. The summed E-state index contributed by atoms with van der Waals surface area (Å²) in [7, 11) is 0. The number of hydrogen-bond acceptors (Lipinski definition) is 4. The van der Waals surface area contributed by atoms with Gasteiger partial charge in [0.25, 0.3) is 0 Å². The Bertz CT molecular complexity index is 368. The Morgan fingerprint density at radius 3 is 2.35 bits per heavy atom. The molecule has 17 heavy (non-hydrogen) atoms. The molecule has 1 rings (SSSR count). The Hall–Kier alpha value is -0.950. The molecular weight excluding hydrogens is 242 g/mol. The zero-order chi connectivity index (χ0) is 12.8. The van der Waals surface area contributed by atoms with Crippen LogP contribution < -0.4 is 4.31 Å². The van der Waals surface area contributed by atoms with E-state index in [1.54, 1.807) is 24.3 Å². The average Bonchev–Trinajstić information content (AvgIpc) is 2.30. The van der Waals surface area contributed by atoms with Gasteiger partial charge in [0.1, 0.15) is 0 Å². The van der Waals surface area contributed by atoms with Crippen LogP contribution in [0.3, 0.4) is 0 Å². The topological polar surface area (TPSA) is 83.8 Å². The molecule has 0 saturated carbocycles. The van der Waals surface area contributed by atoms with Gasteiger partial charge in [-0.15, -0.1) is 0 Å². The van der Waals surface area contributed by atoms with Crippen molar-refractivity contribution in [3.05, 3.63) is 29.8 Å². The third kappa shape index (κ3) is 3.78. The summed E-state index contributed by atoms with van der Waals surface area (Å²) < 4.78 is 23.5. The molecule has 0 aliphatic rings. The second kappa shape index (κ2) is 6.70. The Balaban J connectivity index is 2.99. The minimum atomic E-state index is -2.48. The van der Waals surface area contributed by atoms with E-state index in [0.717, 1.165) is 9.87 Å². The Labute approximate surface area is 103 Å². The standard InChI is InChI=1S/C11H17NO4S/c1-9-2-4-10(5-3-9)12(17(15)16)11(8-14)6-7-13/h2-5,11,13-14H,6-8H2,1H3,(H,15,16)/p-1. The SMILES string of the molecule is Cc1ccc(N(C(CO)CCO)S(=O)[O-])cc1. The molecular formula is C11H16NO4S-. The fourth-order valence-electron chi connectivity index (χ4n) is 1.54. The predicted octanol–water partition coefficient (Wildman–Crippen LogP) is 0.339. The van der Waals surface area contributed by atoms with E-state index in [2.05, 4.69) is 0 Å². The zero-order valence-electron chi connectivity index (χ0n) is 9.57. The molecule has 96 valence electrons. The number of aliphatic hydroxyl groups is 2. The first-order valence-corrected chi connectivity index (χ1v) is 6.30. The molecule has 0 bridgehead atoms. The number of aryl methyl sites for hydroxylation is 1. The normalized spacial score (nSPS) is 14.4. The van der Waals surface area contributed by atoms with Crippen LogP contribution in [0.15, 0.2) is 24.3 Å². The van der Waals surface area contributed by atoms with Crippen LogP contribution in [-0.2, 0) is 11.3 Å². The monoisotopic (exact) mass is 258 g/mol. The smallest absolute Gasteiger partial charge is 0.0671 e. The fourth-order valence-corrected chi connectivity index (χ4v) is 2.25. The number of aliphatic hydroxyl groups excluding tert-OH is 2. The molecule has 0 aromatic heterocycles. The van der Waals surface area contributed by atoms with E-state index in [-0.39, 0.29) is 19.6 Å². The van der Waals surface area contributed by atoms with Crippen molar-refractivity contribution in [3.63, 3.8) is 0 Å². The minimum absolute atomic E-state index is 0.176. The summed E-state index contributed by atoms with van der Waals surface area (Å²) in [6.45, 7) is 1.40. The van der Waals surface area contributed by atoms with E-state index in [0.29, 0.717) is 5.69 Å². The van der Waals surface area contributed by atoms with Crippen molar-refractivity contribution in [1.82, 2.24) is 0 Å². The molecule has 0 aliphatic heterocycles. The summed E-state index contributed by atoms with van der Waals surface area (Å²) in [5, 5.41) is 18.0. The van der Waals surface area contributed by atoms with E-state index in [9.17, 15) is 8.76 Å². The van der Waals surface area contributed by atoms with Gasteiger partial charge in [0.2, 0.25) is 0 Å². The van der Waals surface area contributed by atoms with Crippen molar-refractivity contribution in [2.24, 2.45) is 0 Å². The molecule has 1 aromatic carbocycles. The maximum Gasteiger partial charge on any atom is 0.0671 e. The van der Waals surface area contributed by atoms with Gasteiger partial charge in [-0.2, -0.15) is 0 Å². The molecule has 2 atom stereocenters. The van der Waals surface area contributed by atoms with Crippen molar-refractivity contribution in [2.75, 3.05) is 17.5 Å². The predicted molar refractivity (Wildman–Crippen MR) is 65.2 cm³/mol. The summed E-state index contributed by atoms with van der Waals surface area (Å²) in [6, 6.07) is 6.29. The van der Waals surface area contributed by atoms with E-state index in [1.807, 2.05) is 6.92 Å². The Morgan fingerprint density at radius 1 is 1.35 bits per heavy atom. The summed E-state index contributed by atoms with van der Waals surface area (Å²) in [5.41, 5.74) is 1.50. The molecule has 2 unspecified atom stereocenters. The summed E-state index contributed by atoms with van der Waals surface area (Å²) >= 11 is -2.48. The van der Waals surface area contributed by atoms with E-state index in [4.69, 9.17) is 10.2 Å². The largest absolute Gasteiger partial charge is 0.755 e. The van der Waals surface area contributed by atoms with Gasteiger partial charge < -0.3 is 14.8 Å². The van der Waals surface area contributed by atoms with E-state index < -0.39 is 17.3 Å². The first-order chi connectivity index (χ1) is 8.10. The van der Waals surface area contributed by atoms with Gasteiger partial charge in [-0.1, -0.05) is 17.7 Å². The zero-order valence-corrected chi connectivity index (χ0v) is 10.4. The lowest BCUT2D eigenvalue weighted by Crippen LogP contribution is -2.40. The van der Waals surface area contributed by atoms with Gasteiger partial charge in [-0.3, -0.25) is 8.51 Å². The molecule has 0 heterocycles. The van der Waals surface area contributed by atoms with Crippen LogP contribution in [0.1, 0.15) is 12.0 Å². The molecule has 0 aliphatic carbocycles. The second-order valence-corrected chi connectivity index (χ2v) is 4.55. The van der Waals surface area contributed by atoms with Gasteiger partial charge in [0, 0.05) is 23.6 Å². The van der Waals surface area contributed by atoms with Gasteiger partial charge in [0.05, 0.1) is 12.6 Å². The van der Waals surface area contributed by atoms with Gasteiger partial charge in [-0.05, 0) is 25.5 Å². The number of rotatable bonds is 6. The van der Waals surface area contributed by atoms with Gasteiger partial charge >= 0.3 is 0 Å². The molecule has 0 spiro atoms. The van der Waals surface area contributed by atoms with Gasteiger partial charge in [-0.25, -0.2) is 0 Å². The van der Waals surface area contributed by atoms with Crippen LogP contribution in [0.5, 0.6) is 0 Å². The van der Waals surface area contributed by atoms with Crippen LogP contribution in [-0.4, -0.2) is 38.2 Å². The van der Waals surface area contributed by atoms with Crippen LogP contribution in [0, 0.1) is 6.92 Å². The van der Waals surface area contributed by atoms with Crippen LogP contribution in [0.2, 0.25) is 0 Å². The lowest BCUT2D eigenvalue weighted by atomic mass is 10.2. The summed E-state index contributed by atoms with van der Waals surface area (Å²) in [5.74, 6) is 0. The summed E-state index contributed by atoms with van der Waals surface area (Å²) in [4.78, 5) is 0. The highest BCUT2D eigenvalue weighted by atomic mass is 32.2. The highest BCUT2D eigenvalue weighted by Crippen LogP contribution is 2.20. The molecule has 0 saturated heterocycles. The first-order valence-electron chi connectivity index (χ1n) is 5.27. The third-order valence-corrected chi connectivity index (χ3v) is 3.28. The van der Waals surface area contributed by atoms with Crippen molar-refractivity contribution in [3.8, 4) is 0 Å². The van der Waals surface area contributed by atoms with Gasteiger partial charge in [0.15, 0.2) is 0 Å². The van der Waals surface area contributed by atoms with Crippen LogP contribution in [0.25, 0.3) is 0 Å². The maximum atomic E-state index is 11.2. The molecule has 0 fully saturated rings. The van der Waals surface area contributed by atoms with Crippen molar-refractivity contribution >= 4 is 17.0 Å². The minimum Gasteiger partial charge on any atom is -0.755 e. The third-order valence-electron chi connectivity index (χ3n) is 2.45. The lowest BCUT2D eigenvalue weighted by molar-refractivity contribution is 0.222. The van der Waals surface area contributed by atoms with E-state index in [1.165, 1.54) is 0 Å². The molecule has 1 aromatic rings. The van der Waals surface area contributed by atoms with Crippen molar-refractivity contribution in [2.45, 2.75) is 19.4 Å². The number of anilines is 1. The maximum absolute atomic E-state index is 11.2. The number of benzene rings is 1. The van der Waals surface area contributed by atoms with Crippen LogP contribution >= 0.6 is 0 Å². The van der Waals surface area contributed by atoms with Crippen molar-refractivity contribution in [1.29, 1.82) is 0 Å². The molecule has 6 heteroatoms.